The third kappa shape index (κ3) is 2.69. The average Bonchev–Trinajstić information content (AvgIpc) is 3.04. The van der Waals surface area contributed by atoms with Crippen molar-refractivity contribution in [2.75, 3.05) is 26.2 Å². The Bertz CT molecular complexity index is 676. The van der Waals surface area contributed by atoms with Crippen LogP contribution in [-0.2, 0) is 4.79 Å². The number of piperazine rings is 1. The van der Waals surface area contributed by atoms with Crippen molar-refractivity contribution in [2.45, 2.75) is 0 Å². The molecule has 0 saturated carbocycles. The molecule has 1 aliphatic rings. The Morgan fingerprint density at radius 2 is 1.86 bits per heavy atom. The first-order valence-corrected chi connectivity index (χ1v) is 6.88. The number of nitrogens with zero attached hydrogens (tertiary/aromatic N) is 3. The summed E-state index contributed by atoms with van der Waals surface area (Å²) in [6.45, 7) is 1.94. The summed E-state index contributed by atoms with van der Waals surface area (Å²) in [4.78, 5) is 26.5. The molecule has 114 valence electrons. The van der Waals surface area contributed by atoms with Crippen molar-refractivity contribution in [1.82, 2.24) is 15.0 Å². The van der Waals surface area contributed by atoms with Crippen LogP contribution in [0.1, 0.15) is 10.4 Å². The van der Waals surface area contributed by atoms with Gasteiger partial charge >= 0.3 is 0 Å². The van der Waals surface area contributed by atoms with E-state index in [1.807, 2.05) is 0 Å². The van der Waals surface area contributed by atoms with Crippen molar-refractivity contribution in [1.29, 1.82) is 0 Å². The minimum atomic E-state index is -0.360. The fraction of sp³-hybridized carbons (Fsp3) is 0.267. The Hall–Kier alpha value is -2.70. The fourth-order valence-corrected chi connectivity index (χ4v) is 2.40. The molecule has 2 aromatic rings. The summed E-state index contributed by atoms with van der Waals surface area (Å²) in [5.41, 5.74) is 0.930. The number of rotatable bonds is 3. The molecule has 0 N–H and O–H groups in total. The molecule has 7 heteroatoms. The zero-order valence-corrected chi connectivity index (χ0v) is 11.7. The van der Waals surface area contributed by atoms with Gasteiger partial charge in [-0.1, -0.05) is 5.16 Å². The first kappa shape index (κ1) is 14.2. The van der Waals surface area contributed by atoms with Gasteiger partial charge in [0.2, 0.25) is 6.41 Å². The van der Waals surface area contributed by atoms with Crippen LogP contribution >= 0.6 is 0 Å². The van der Waals surface area contributed by atoms with Crippen molar-refractivity contribution in [3.63, 3.8) is 0 Å². The second kappa shape index (κ2) is 5.97. The molecule has 6 nitrogen and oxygen atoms in total. The van der Waals surface area contributed by atoms with E-state index in [4.69, 9.17) is 4.52 Å². The molecule has 2 amide bonds. The van der Waals surface area contributed by atoms with Gasteiger partial charge in [-0.3, -0.25) is 9.59 Å². The molecule has 1 fully saturated rings. The zero-order chi connectivity index (χ0) is 15.5. The third-order valence-electron chi connectivity index (χ3n) is 3.66. The first-order valence-electron chi connectivity index (χ1n) is 6.88. The largest absolute Gasteiger partial charge is 0.355 e. The summed E-state index contributed by atoms with van der Waals surface area (Å²) in [5, 5.41) is 3.69. The van der Waals surface area contributed by atoms with E-state index >= 15 is 0 Å². The molecule has 0 radical (unpaired) electrons. The first-order chi connectivity index (χ1) is 10.7. The smallest absolute Gasteiger partial charge is 0.259 e. The number of amides is 2. The van der Waals surface area contributed by atoms with Gasteiger partial charge in [-0.05, 0) is 24.3 Å². The molecule has 0 bridgehead atoms. The van der Waals surface area contributed by atoms with Gasteiger partial charge in [-0.25, -0.2) is 4.39 Å². The van der Waals surface area contributed by atoms with Crippen LogP contribution in [0.2, 0.25) is 0 Å². The lowest BCUT2D eigenvalue weighted by molar-refractivity contribution is -0.119. The molecule has 1 saturated heterocycles. The van der Waals surface area contributed by atoms with Gasteiger partial charge in [0.05, 0.1) is 6.20 Å². The topological polar surface area (TPSA) is 66.7 Å². The Morgan fingerprint density at radius 3 is 2.50 bits per heavy atom. The summed E-state index contributed by atoms with van der Waals surface area (Å²) < 4.78 is 18.2. The van der Waals surface area contributed by atoms with Gasteiger partial charge < -0.3 is 14.3 Å². The molecule has 0 aliphatic carbocycles. The highest BCUT2D eigenvalue weighted by Crippen LogP contribution is 2.25. The Morgan fingerprint density at radius 1 is 1.18 bits per heavy atom. The van der Waals surface area contributed by atoms with Crippen LogP contribution in [0.4, 0.5) is 4.39 Å². The highest BCUT2D eigenvalue weighted by Gasteiger charge is 2.26. The number of hydrogen-bond acceptors (Lipinski definition) is 4. The van der Waals surface area contributed by atoms with E-state index in [0.717, 1.165) is 6.41 Å². The molecule has 1 aliphatic heterocycles. The SMILES string of the molecule is O=CN1CCN(C(=O)c2cnoc2-c2ccc(F)cc2)CC1. The number of carbonyl (C=O) groups excluding carboxylic acids is 2. The molecule has 0 atom stereocenters. The van der Waals surface area contributed by atoms with Crippen LogP contribution < -0.4 is 0 Å². The Kier molecular flexibility index (Phi) is 3.86. The lowest BCUT2D eigenvalue weighted by Crippen LogP contribution is -2.48. The van der Waals surface area contributed by atoms with Gasteiger partial charge in [-0.2, -0.15) is 0 Å². The number of benzene rings is 1. The average molecular weight is 303 g/mol. The van der Waals surface area contributed by atoms with Gasteiger partial charge in [0.1, 0.15) is 11.4 Å². The second-order valence-corrected chi connectivity index (χ2v) is 5.01. The molecular formula is C15H14FN3O3. The van der Waals surface area contributed by atoms with E-state index < -0.39 is 0 Å². The molecule has 3 rings (SSSR count). The molecule has 2 heterocycles. The van der Waals surface area contributed by atoms with Crippen LogP contribution in [0.25, 0.3) is 11.3 Å². The zero-order valence-electron chi connectivity index (χ0n) is 11.7. The third-order valence-corrected chi connectivity index (χ3v) is 3.66. The van der Waals surface area contributed by atoms with E-state index in [2.05, 4.69) is 5.16 Å². The predicted octanol–water partition coefficient (Wildman–Crippen LogP) is 1.39. The maximum absolute atomic E-state index is 13.0. The van der Waals surface area contributed by atoms with Crippen LogP contribution in [0.5, 0.6) is 0 Å². The summed E-state index contributed by atoms with van der Waals surface area (Å²) in [7, 11) is 0. The lowest BCUT2D eigenvalue weighted by Gasteiger charge is -2.32. The van der Waals surface area contributed by atoms with E-state index in [0.29, 0.717) is 43.1 Å². The summed E-state index contributed by atoms with van der Waals surface area (Å²) in [6.07, 6.45) is 2.15. The number of aromatic nitrogens is 1. The lowest BCUT2D eigenvalue weighted by atomic mass is 10.1. The normalized spacial score (nSPS) is 15.0. The van der Waals surface area contributed by atoms with Crippen LogP contribution in [0.15, 0.2) is 35.0 Å². The van der Waals surface area contributed by atoms with Crippen molar-refractivity contribution in [3.8, 4) is 11.3 Å². The monoisotopic (exact) mass is 303 g/mol. The summed E-state index contributed by atoms with van der Waals surface area (Å²) in [5.74, 6) is -0.241. The van der Waals surface area contributed by atoms with Gasteiger partial charge in [0.25, 0.3) is 5.91 Å². The Labute approximate surface area is 126 Å². The number of halogens is 1. The molecule has 1 aromatic carbocycles. The summed E-state index contributed by atoms with van der Waals surface area (Å²) >= 11 is 0. The van der Waals surface area contributed by atoms with Crippen molar-refractivity contribution in [3.05, 3.63) is 41.8 Å². The quantitative estimate of drug-likeness (QED) is 0.804. The minimum absolute atomic E-state index is 0.203. The van der Waals surface area contributed by atoms with Crippen molar-refractivity contribution in [2.24, 2.45) is 0 Å². The molecule has 0 unspecified atom stereocenters. The highest BCUT2D eigenvalue weighted by atomic mass is 19.1. The fourth-order valence-electron chi connectivity index (χ4n) is 2.40. The van der Waals surface area contributed by atoms with E-state index in [-0.39, 0.29) is 11.7 Å². The van der Waals surface area contributed by atoms with Crippen molar-refractivity contribution >= 4 is 12.3 Å². The van der Waals surface area contributed by atoms with E-state index in [9.17, 15) is 14.0 Å². The number of carbonyl (C=O) groups is 2. The standard InChI is InChI=1S/C15H14FN3O3/c16-12-3-1-11(2-4-12)14-13(9-17-22-14)15(21)19-7-5-18(10-20)6-8-19/h1-4,9-10H,5-8H2. The molecule has 1 aromatic heterocycles. The van der Waals surface area contributed by atoms with Crippen LogP contribution in [0, 0.1) is 5.82 Å². The van der Waals surface area contributed by atoms with E-state index in [1.54, 1.807) is 9.80 Å². The maximum Gasteiger partial charge on any atom is 0.259 e. The van der Waals surface area contributed by atoms with Gasteiger partial charge in [0, 0.05) is 31.7 Å². The van der Waals surface area contributed by atoms with Gasteiger partial charge in [0.15, 0.2) is 5.76 Å². The van der Waals surface area contributed by atoms with Crippen LogP contribution in [-0.4, -0.2) is 53.5 Å². The molecule has 22 heavy (non-hydrogen) atoms. The molecular weight excluding hydrogens is 289 g/mol. The maximum atomic E-state index is 13.0. The van der Waals surface area contributed by atoms with E-state index in [1.165, 1.54) is 30.5 Å². The van der Waals surface area contributed by atoms with Crippen molar-refractivity contribution < 1.29 is 18.5 Å². The molecule has 0 spiro atoms. The highest BCUT2D eigenvalue weighted by molar-refractivity contribution is 5.99. The number of hydrogen-bond donors (Lipinski definition) is 0. The van der Waals surface area contributed by atoms with Crippen LogP contribution in [0.3, 0.4) is 0 Å². The Balaban J connectivity index is 1.81. The minimum Gasteiger partial charge on any atom is -0.355 e. The predicted molar refractivity (Wildman–Crippen MR) is 75.4 cm³/mol. The second-order valence-electron chi connectivity index (χ2n) is 5.01. The van der Waals surface area contributed by atoms with Gasteiger partial charge in [-0.15, -0.1) is 0 Å². The summed E-state index contributed by atoms with van der Waals surface area (Å²) in [6, 6.07) is 5.68.